The predicted octanol–water partition coefficient (Wildman–Crippen LogP) is 4.38. The molecule has 0 spiro atoms. The number of aryl methyl sites for hydroxylation is 2. The summed E-state index contributed by atoms with van der Waals surface area (Å²) in [6.07, 6.45) is 2.90. The maximum atomic E-state index is 4.36. The van der Waals surface area contributed by atoms with Gasteiger partial charge in [-0.2, -0.15) is 0 Å². The first-order chi connectivity index (χ1) is 7.74. The van der Waals surface area contributed by atoms with Gasteiger partial charge in [0.1, 0.15) is 0 Å². The third-order valence-corrected chi connectivity index (χ3v) is 3.02. The third-order valence-electron chi connectivity index (χ3n) is 2.11. The number of aromatic nitrogens is 1. The number of rotatable bonds is 2. The number of nitrogens with zero attached hydrogens (tertiary/aromatic N) is 1. The SMILES string of the molecule is CC.Cc1cccc(Cc2ncc(C)s2)c1. The van der Waals surface area contributed by atoms with Crippen molar-refractivity contribution in [2.45, 2.75) is 34.1 Å². The van der Waals surface area contributed by atoms with Crippen LogP contribution >= 0.6 is 11.3 Å². The quantitative estimate of drug-likeness (QED) is 0.750. The Morgan fingerprint density at radius 3 is 2.50 bits per heavy atom. The second kappa shape index (κ2) is 6.44. The molecule has 0 unspecified atom stereocenters. The fraction of sp³-hybridized carbons (Fsp3) is 0.357. The van der Waals surface area contributed by atoms with Gasteiger partial charge in [0, 0.05) is 17.5 Å². The van der Waals surface area contributed by atoms with E-state index in [1.807, 2.05) is 20.0 Å². The van der Waals surface area contributed by atoms with Gasteiger partial charge in [0.2, 0.25) is 0 Å². The Kier molecular flexibility index (Phi) is 5.20. The van der Waals surface area contributed by atoms with Crippen LogP contribution in [0.4, 0.5) is 0 Å². The van der Waals surface area contributed by atoms with Crippen LogP contribution in [0.3, 0.4) is 0 Å². The van der Waals surface area contributed by atoms with E-state index in [0.717, 1.165) is 6.42 Å². The van der Waals surface area contributed by atoms with Crippen LogP contribution in [0.2, 0.25) is 0 Å². The van der Waals surface area contributed by atoms with Gasteiger partial charge in [-0.15, -0.1) is 11.3 Å². The van der Waals surface area contributed by atoms with Crippen molar-refractivity contribution in [3.8, 4) is 0 Å². The van der Waals surface area contributed by atoms with Crippen molar-refractivity contribution in [2.75, 3.05) is 0 Å². The number of hydrogen-bond acceptors (Lipinski definition) is 2. The van der Waals surface area contributed by atoms with Gasteiger partial charge in [0.25, 0.3) is 0 Å². The van der Waals surface area contributed by atoms with Gasteiger partial charge in [-0.05, 0) is 19.4 Å². The van der Waals surface area contributed by atoms with Crippen LogP contribution in [0.25, 0.3) is 0 Å². The van der Waals surface area contributed by atoms with E-state index in [-0.39, 0.29) is 0 Å². The maximum absolute atomic E-state index is 4.36. The summed E-state index contributed by atoms with van der Waals surface area (Å²) in [6, 6.07) is 8.60. The summed E-state index contributed by atoms with van der Waals surface area (Å²) in [6.45, 7) is 8.22. The highest BCUT2D eigenvalue weighted by Gasteiger charge is 2.00. The lowest BCUT2D eigenvalue weighted by atomic mass is 10.1. The van der Waals surface area contributed by atoms with Crippen molar-refractivity contribution in [3.05, 3.63) is 51.5 Å². The minimum atomic E-state index is 0.959. The van der Waals surface area contributed by atoms with E-state index in [4.69, 9.17) is 0 Å². The first kappa shape index (κ1) is 12.9. The van der Waals surface area contributed by atoms with Gasteiger partial charge < -0.3 is 0 Å². The summed E-state index contributed by atoms with van der Waals surface area (Å²) in [7, 11) is 0. The molecular weight excluding hydrogens is 214 g/mol. The summed E-state index contributed by atoms with van der Waals surface area (Å²) in [4.78, 5) is 5.64. The van der Waals surface area contributed by atoms with Gasteiger partial charge >= 0.3 is 0 Å². The minimum absolute atomic E-state index is 0.959. The molecule has 0 radical (unpaired) electrons. The second-order valence-electron chi connectivity index (χ2n) is 3.53. The zero-order chi connectivity index (χ0) is 12.0. The van der Waals surface area contributed by atoms with Crippen LogP contribution in [-0.2, 0) is 6.42 Å². The summed E-state index contributed by atoms with van der Waals surface area (Å²) >= 11 is 1.78. The van der Waals surface area contributed by atoms with E-state index in [2.05, 4.69) is 43.1 Å². The molecule has 0 fully saturated rings. The fourth-order valence-electron chi connectivity index (χ4n) is 1.48. The molecule has 0 aliphatic rings. The summed E-state index contributed by atoms with van der Waals surface area (Å²) in [5.41, 5.74) is 2.66. The summed E-state index contributed by atoms with van der Waals surface area (Å²) in [5, 5.41) is 1.20. The Morgan fingerprint density at radius 2 is 1.94 bits per heavy atom. The van der Waals surface area contributed by atoms with Crippen LogP contribution in [0.15, 0.2) is 30.5 Å². The van der Waals surface area contributed by atoms with Gasteiger partial charge in [-0.3, -0.25) is 0 Å². The third kappa shape index (κ3) is 3.78. The van der Waals surface area contributed by atoms with E-state index in [1.54, 1.807) is 11.3 Å². The number of thiazole rings is 1. The topological polar surface area (TPSA) is 12.9 Å². The lowest BCUT2D eigenvalue weighted by molar-refractivity contribution is 1.13. The van der Waals surface area contributed by atoms with Crippen LogP contribution in [-0.4, -0.2) is 4.98 Å². The normalized spacial score (nSPS) is 9.50. The average Bonchev–Trinajstić information content (AvgIpc) is 2.67. The molecule has 2 aromatic rings. The van der Waals surface area contributed by atoms with Crippen molar-refractivity contribution in [2.24, 2.45) is 0 Å². The van der Waals surface area contributed by atoms with Gasteiger partial charge in [-0.1, -0.05) is 43.7 Å². The van der Waals surface area contributed by atoms with Crippen LogP contribution in [0.5, 0.6) is 0 Å². The molecule has 2 heteroatoms. The van der Waals surface area contributed by atoms with Crippen LogP contribution < -0.4 is 0 Å². The molecule has 2 rings (SSSR count). The molecule has 0 saturated carbocycles. The van der Waals surface area contributed by atoms with Crippen molar-refractivity contribution in [1.29, 1.82) is 0 Å². The summed E-state index contributed by atoms with van der Waals surface area (Å²) < 4.78 is 0. The molecule has 0 saturated heterocycles. The largest absolute Gasteiger partial charge is 0.249 e. The molecule has 0 aliphatic heterocycles. The smallest absolute Gasteiger partial charge is 0.0971 e. The highest BCUT2D eigenvalue weighted by atomic mass is 32.1. The Labute approximate surface area is 102 Å². The summed E-state index contributed by atoms with van der Waals surface area (Å²) in [5.74, 6) is 0. The van der Waals surface area contributed by atoms with E-state index >= 15 is 0 Å². The predicted molar refractivity (Wildman–Crippen MR) is 72.2 cm³/mol. The van der Waals surface area contributed by atoms with Gasteiger partial charge in [0.15, 0.2) is 0 Å². The fourth-order valence-corrected chi connectivity index (χ4v) is 2.30. The lowest BCUT2D eigenvalue weighted by Gasteiger charge is -1.98. The van der Waals surface area contributed by atoms with Gasteiger partial charge in [0.05, 0.1) is 5.01 Å². The van der Waals surface area contributed by atoms with Crippen molar-refractivity contribution >= 4 is 11.3 Å². The molecule has 86 valence electrons. The average molecular weight is 233 g/mol. The van der Waals surface area contributed by atoms with E-state index in [0.29, 0.717) is 0 Å². The second-order valence-corrected chi connectivity index (χ2v) is 4.85. The monoisotopic (exact) mass is 233 g/mol. The van der Waals surface area contributed by atoms with Crippen molar-refractivity contribution in [3.63, 3.8) is 0 Å². The lowest BCUT2D eigenvalue weighted by Crippen LogP contribution is -1.86. The van der Waals surface area contributed by atoms with E-state index in [9.17, 15) is 0 Å². The molecule has 1 aromatic carbocycles. The molecule has 0 bridgehead atoms. The Bertz CT molecular complexity index is 432. The molecular formula is C14H19NS. The zero-order valence-electron chi connectivity index (χ0n) is 10.4. The highest BCUT2D eigenvalue weighted by molar-refractivity contribution is 7.11. The van der Waals surface area contributed by atoms with Crippen molar-refractivity contribution < 1.29 is 0 Å². The number of hydrogen-bond donors (Lipinski definition) is 0. The number of benzene rings is 1. The molecule has 1 heterocycles. The van der Waals surface area contributed by atoms with E-state index < -0.39 is 0 Å². The first-order valence-electron chi connectivity index (χ1n) is 5.71. The Hall–Kier alpha value is -1.15. The maximum Gasteiger partial charge on any atom is 0.0971 e. The molecule has 0 N–H and O–H groups in total. The molecule has 16 heavy (non-hydrogen) atoms. The van der Waals surface area contributed by atoms with Crippen LogP contribution in [0, 0.1) is 13.8 Å². The van der Waals surface area contributed by atoms with E-state index in [1.165, 1.54) is 21.0 Å². The molecule has 1 nitrogen and oxygen atoms in total. The Balaban J connectivity index is 0.000000606. The Morgan fingerprint density at radius 1 is 1.19 bits per heavy atom. The molecule has 0 aliphatic carbocycles. The molecule has 1 aromatic heterocycles. The first-order valence-corrected chi connectivity index (χ1v) is 6.52. The minimum Gasteiger partial charge on any atom is -0.249 e. The molecule has 0 atom stereocenters. The highest BCUT2D eigenvalue weighted by Crippen LogP contribution is 2.16. The van der Waals surface area contributed by atoms with Crippen LogP contribution in [0.1, 0.15) is 34.9 Å². The molecule has 0 amide bonds. The standard InChI is InChI=1S/C12H13NS.C2H6/c1-9-4-3-5-11(6-9)7-12-13-8-10(2)14-12;1-2/h3-6,8H,7H2,1-2H3;1-2H3. The van der Waals surface area contributed by atoms with Crippen molar-refractivity contribution in [1.82, 2.24) is 4.98 Å². The van der Waals surface area contributed by atoms with Gasteiger partial charge in [-0.25, -0.2) is 4.98 Å². The zero-order valence-corrected chi connectivity index (χ0v) is 11.3.